The van der Waals surface area contributed by atoms with Crippen molar-refractivity contribution >= 4 is 5.69 Å². The molecular formula is C17H22N2O2. The second-order valence-corrected chi connectivity index (χ2v) is 5.67. The monoisotopic (exact) mass is 286 g/mol. The van der Waals surface area contributed by atoms with Crippen LogP contribution in [0.4, 0.5) is 5.69 Å². The summed E-state index contributed by atoms with van der Waals surface area (Å²) in [6, 6.07) is 9.49. The quantitative estimate of drug-likeness (QED) is 0.939. The molecule has 0 saturated carbocycles. The number of methoxy groups -OCH3 is 1. The standard InChI is InChI=1S/C17H22N2O2/c1-11(2)10-19-15(7-6-14(18)17(19)20)13-5-8-16(21-4)12(3)9-13/h5-9,11H,10,18H2,1-4H3. The van der Waals surface area contributed by atoms with E-state index in [1.165, 1.54) is 0 Å². The molecule has 0 aliphatic rings. The smallest absolute Gasteiger partial charge is 0.274 e. The lowest BCUT2D eigenvalue weighted by Gasteiger charge is -2.16. The number of aromatic nitrogens is 1. The minimum Gasteiger partial charge on any atom is -0.496 e. The molecule has 21 heavy (non-hydrogen) atoms. The largest absolute Gasteiger partial charge is 0.496 e. The Hall–Kier alpha value is -2.23. The van der Waals surface area contributed by atoms with Gasteiger partial charge in [-0.15, -0.1) is 0 Å². The van der Waals surface area contributed by atoms with E-state index in [0.717, 1.165) is 22.6 Å². The number of nitrogens with zero attached hydrogens (tertiary/aromatic N) is 1. The van der Waals surface area contributed by atoms with Gasteiger partial charge in [0.1, 0.15) is 5.75 Å². The average molecular weight is 286 g/mol. The fourth-order valence-electron chi connectivity index (χ4n) is 2.43. The SMILES string of the molecule is COc1ccc(-c2ccc(N)c(=O)n2CC(C)C)cc1C. The molecule has 1 aromatic carbocycles. The Morgan fingerprint density at radius 2 is 1.95 bits per heavy atom. The molecule has 1 heterocycles. The molecule has 2 N–H and O–H groups in total. The van der Waals surface area contributed by atoms with E-state index >= 15 is 0 Å². The number of pyridine rings is 1. The minimum absolute atomic E-state index is 0.130. The molecule has 2 aromatic rings. The van der Waals surface area contributed by atoms with Crippen LogP contribution in [0.5, 0.6) is 5.75 Å². The Labute approximate surface area is 125 Å². The maximum absolute atomic E-state index is 12.3. The highest BCUT2D eigenvalue weighted by molar-refractivity contribution is 5.64. The number of hydrogen-bond acceptors (Lipinski definition) is 3. The van der Waals surface area contributed by atoms with Crippen molar-refractivity contribution < 1.29 is 4.74 Å². The minimum atomic E-state index is -0.130. The van der Waals surface area contributed by atoms with Crippen LogP contribution in [0.2, 0.25) is 0 Å². The average Bonchev–Trinajstić information content (AvgIpc) is 2.43. The van der Waals surface area contributed by atoms with E-state index in [2.05, 4.69) is 13.8 Å². The van der Waals surface area contributed by atoms with Gasteiger partial charge in [-0.2, -0.15) is 0 Å². The Morgan fingerprint density at radius 3 is 2.52 bits per heavy atom. The van der Waals surface area contributed by atoms with Crippen molar-refractivity contribution in [2.45, 2.75) is 27.3 Å². The molecule has 0 atom stereocenters. The summed E-state index contributed by atoms with van der Waals surface area (Å²) < 4.78 is 7.04. The molecule has 0 fully saturated rings. The number of hydrogen-bond donors (Lipinski definition) is 1. The van der Waals surface area contributed by atoms with E-state index in [4.69, 9.17) is 10.5 Å². The van der Waals surface area contributed by atoms with Gasteiger partial charge in [-0.25, -0.2) is 0 Å². The van der Waals surface area contributed by atoms with Crippen LogP contribution in [0.15, 0.2) is 35.1 Å². The van der Waals surface area contributed by atoms with Crippen LogP contribution >= 0.6 is 0 Å². The molecule has 4 heteroatoms. The summed E-state index contributed by atoms with van der Waals surface area (Å²) in [5.74, 6) is 1.20. The zero-order valence-corrected chi connectivity index (χ0v) is 13.0. The molecule has 0 aliphatic carbocycles. The van der Waals surface area contributed by atoms with Crippen LogP contribution < -0.4 is 16.0 Å². The third-order valence-corrected chi connectivity index (χ3v) is 3.44. The lowest BCUT2D eigenvalue weighted by Crippen LogP contribution is -2.26. The predicted molar refractivity (Wildman–Crippen MR) is 86.7 cm³/mol. The Kier molecular flexibility index (Phi) is 4.36. The van der Waals surface area contributed by atoms with Crippen molar-refractivity contribution in [3.05, 3.63) is 46.2 Å². The van der Waals surface area contributed by atoms with E-state index in [1.807, 2.05) is 31.2 Å². The maximum atomic E-state index is 12.3. The van der Waals surface area contributed by atoms with Gasteiger partial charge in [0.05, 0.1) is 18.5 Å². The summed E-state index contributed by atoms with van der Waals surface area (Å²) in [4.78, 5) is 12.3. The first-order chi connectivity index (χ1) is 9.93. The molecule has 2 rings (SSSR count). The number of anilines is 1. The van der Waals surface area contributed by atoms with Gasteiger partial charge in [-0.3, -0.25) is 4.79 Å². The maximum Gasteiger partial charge on any atom is 0.274 e. The molecule has 1 aromatic heterocycles. The lowest BCUT2D eigenvalue weighted by atomic mass is 10.1. The van der Waals surface area contributed by atoms with E-state index < -0.39 is 0 Å². The second-order valence-electron chi connectivity index (χ2n) is 5.67. The lowest BCUT2D eigenvalue weighted by molar-refractivity contribution is 0.411. The first-order valence-corrected chi connectivity index (χ1v) is 7.08. The topological polar surface area (TPSA) is 57.2 Å². The molecular weight excluding hydrogens is 264 g/mol. The predicted octanol–water partition coefficient (Wildman–Crippen LogP) is 3.07. The third-order valence-electron chi connectivity index (χ3n) is 3.44. The van der Waals surface area contributed by atoms with Crippen molar-refractivity contribution in [1.82, 2.24) is 4.57 Å². The number of aryl methyl sites for hydroxylation is 1. The van der Waals surface area contributed by atoms with Gasteiger partial charge in [-0.05, 0) is 54.3 Å². The van der Waals surface area contributed by atoms with Gasteiger partial charge in [0.2, 0.25) is 0 Å². The molecule has 0 aliphatic heterocycles. The van der Waals surface area contributed by atoms with E-state index in [1.54, 1.807) is 17.7 Å². The van der Waals surface area contributed by atoms with Gasteiger partial charge in [0, 0.05) is 6.54 Å². The summed E-state index contributed by atoms with van der Waals surface area (Å²) in [5, 5.41) is 0. The number of rotatable bonds is 4. The zero-order valence-electron chi connectivity index (χ0n) is 13.0. The Balaban J connectivity index is 2.60. The third kappa shape index (κ3) is 3.10. The van der Waals surface area contributed by atoms with Crippen LogP contribution in [0.3, 0.4) is 0 Å². The van der Waals surface area contributed by atoms with Crippen LogP contribution in [0.25, 0.3) is 11.3 Å². The van der Waals surface area contributed by atoms with Gasteiger partial charge >= 0.3 is 0 Å². The van der Waals surface area contributed by atoms with Crippen LogP contribution in [-0.2, 0) is 6.54 Å². The zero-order chi connectivity index (χ0) is 15.6. The van der Waals surface area contributed by atoms with Crippen molar-refractivity contribution in [2.75, 3.05) is 12.8 Å². The van der Waals surface area contributed by atoms with Gasteiger partial charge in [-0.1, -0.05) is 13.8 Å². The highest BCUT2D eigenvalue weighted by Gasteiger charge is 2.11. The molecule has 4 nitrogen and oxygen atoms in total. The molecule has 0 radical (unpaired) electrons. The fraction of sp³-hybridized carbons (Fsp3) is 0.353. The molecule has 0 amide bonds. The summed E-state index contributed by atoms with van der Waals surface area (Å²) in [5.41, 5.74) is 8.83. The van der Waals surface area contributed by atoms with E-state index in [0.29, 0.717) is 12.5 Å². The van der Waals surface area contributed by atoms with Crippen molar-refractivity contribution in [3.63, 3.8) is 0 Å². The number of nitrogen functional groups attached to an aromatic ring is 1. The molecule has 0 bridgehead atoms. The van der Waals surface area contributed by atoms with Crippen LogP contribution in [0.1, 0.15) is 19.4 Å². The van der Waals surface area contributed by atoms with Gasteiger partial charge in [0.25, 0.3) is 5.56 Å². The Morgan fingerprint density at radius 1 is 1.24 bits per heavy atom. The summed E-state index contributed by atoms with van der Waals surface area (Å²) in [7, 11) is 1.65. The molecule has 0 unspecified atom stereocenters. The van der Waals surface area contributed by atoms with Crippen molar-refractivity contribution in [2.24, 2.45) is 5.92 Å². The van der Waals surface area contributed by atoms with E-state index in [-0.39, 0.29) is 11.2 Å². The summed E-state index contributed by atoms with van der Waals surface area (Å²) >= 11 is 0. The summed E-state index contributed by atoms with van der Waals surface area (Å²) in [6.45, 7) is 6.80. The molecule has 0 saturated heterocycles. The van der Waals surface area contributed by atoms with Crippen molar-refractivity contribution in [3.8, 4) is 17.0 Å². The van der Waals surface area contributed by atoms with Crippen molar-refractivity contribution in [1.29, 1.82) is 0 Å². The van der Waals surface area contributed by atoms with Crippen LogP contribution in [-0.4, -0.2) is 11.7 Å². The number of benzene rings is 1. The first-order valence-electron chi connectivity index (χ1n) is 7.08. The van der Waals surface area contributed by atoms with Gasteiger partial charge in [0.15, 0.2) is 0 Å². The molecule has 112 valence electrons. The number of ether oxygens (including phenoxy) is 1. The highest BCUT2D eigenvalue weighted by atomic mass is 16.5. The highest BCUT2D eigenvalue weighted by Crippen LogP contribution is 2.26. The Bertz CT molecular complexity index is 702. The second kappa shape index (κ2) is 6.04. The molecule has 0 spiro atoms. The first kappa shape index (κ1) is 15.2. The normalized spacial score (nSPS) is 10.9. The van der Waals surface area contributed by atoms with Crippen LogP contribution in [0, 0.1) is 12.8 Å². The number of nitrogens with two attached hydrogens (primary N) is 1. The van der Waals surface area contributed by atoms with E-state index in [9.17, 15) is 4.79 Å². The summed E-state index contributed by atoms with van der Waals surface area (Å²) in [6.07, 6.45) is 0. The fourth-order valence-corrected chi connectivity index (χ4v) is 2.43. The van der Waals surface area contributed by atoms with Gasteiger partial charge < -0.3 is 15.0 Å².